The summed E-state index contributed by atoms with van der Waals surface area (Å²) in [6.07, 6.45) is 1.92. The number of piperidine rings is 1. The second kappa shape index (κ2) is 11.0. The van der Waals surface area contributed by atoms with Crippen molar-refractivity contribution in [3.8, 4) is 0 Å². The Kier molecular flexibility index (Phi) is 7.42. The Balaban J connectivity index is 1.13. The van der Waals surface area contributed by atoms with Crippen LogP contribution in [0, 0.1) is 0 Å². The van der Waals surface area contributed by atoms with E-state index in [2.05, 4.69) is 51.6 Å². The molecule has 6 heteroatoms. The fourth-order valence-corrected chi connectivity index (χ4v) is 4.82. The van der Waals surface area contributed by atoms with Crippen molar-refractivity contribution in [3.05, 3.63) is 83.6 Å². The van der Waals surface area contributed by atoms with Gasteiger partial charge in [0.25, 0.3) is 5.91 Å². The summed E-state index contributed by atoms with van der Waals surface area (Å²) in [5.41, 5.74) is 4.12. The summed E-state index contributed by atoms with van der Waals surface area (Å²) in [4.78, 5) is 18.4. The van der Waals surface area contributed by atoms with Gasteiger partial charge in [-0.25, -0.2) is 0 Å². The highest BCUT2D eigenvalue weighted by atomic mass is 16.5. The maximum Gasteiger partial charge on any atom is 0.267 e. The van der Waals surface area contributed by atoms with Crippen LogP contribution in [0.4, 0.5) is 0 Å². The fourth-order valence-electron chi connectivity index (χ4n) is 4.82. The van der Waals surface area contributed by atoms with Gasteiger partial charge < -0.3 is 19.8 Å². The summed E-state index contributed by atoms with van der Waals surface area (Å²) in [6.45, 7) is 4.69. The van der Waals surface area contributed by atoms with Crippen molar-refractivity contribution in [3.63, 3.8) is 0 Å². The molecule has 1 aliphatic heterocycles. The number of hydrogen-bond donors (Lipinski definition) is 2. The van der Waals surface area contributed by atoms with Crippen molar-refractivity contribution in [2.75, 3.05) is 33.4 Å². The zero-order valence-electron chi connectivity index (χ0n) is 20.3. The molecule has 182 valence electrons. The maximum absolute atomic E-state index is 12.7. The van der Waals surface area contributed by atoms with Crippen molar-refractivity contribution in [2.45, 2.75) is 32.0 Å². The molecule has 0 bridgehead atoms. The topological polar surface area (TPSA) is 66.6 Å². The number of amides is 1. The molecular formula is C29H33N3O3. The number of carbonyl (C=O) groups is 1. The highest BCUT2D eigenvalue weighted by Gasteiger charge is 2.22. The lowest BCUT2D eigenvalue weighted by molar-refractivity contribution is 0.0617. The number of benzene rings is 3. The third kappa shape index (κ3) is 5.90. The van der Waals surface area contributed by atoms with Gasteiger partial charge in [-0.3, -0.25) is 9.69 Å². The molecule has 35 heavy (non-hydrogen) atoms. The zero-order chi connectivity index (χ0) is 24.0. The van der Waals surface area contributed by atoms with Crippen LogP contribution in [-0.4, -0.2) is 55.2 Å². The van der Waals surface area contributed by atoms with E-state index in [0.717, 1.165) is 43.4 Å². The van der Waals surface area contributed by atoms with Gasteiger partial charge in [0.15, 0.2) is 0 Å². The third-order valence-electron chi connectivity index (χ3n) is 6.77. The minimum Gasteiger partial charge on any atom is -0.382 e. The molecule has 0 atom stereocenters. The average molecular weight is 472 g/mol. The normalized spacial score (nSPS) is 15.1. The van der Waals surface area contributed by atoms with Crippen LogP contribution >= 0.6 is 0 Å². The van der Waals surface area contributed by atoms with Gasteiger partial charge in [0, 0.05) is 43.7 Å². The van der Waals surface area contributed by atoms with Crippen LogP contribution in [0.5, 0.6) is 0 Å². The van der Waals surface area contributed by atoms with E-state index in [-0.39, 0.29) is 11.9 Å². The molecule has 0 aliphatic carbocycles. The van der Waals surface area contributed by atoms with Gasteiger partial charge in [0.05, 0.1) is 19.8 Å². The summed E-state index contributed by atoms with van der Waals surface area (Å²) in [5, 5.41) is 6.77. The molecular weight excluding hydrogens is 438 g/mol. The highest BCUT2D eigenvalue weighted by Crippen LogP contribution is 2.21. The van der Waals surface area contributed by atoms with Gasteiger partial charge in [-0.15, -0.1) is 0 Å². The third-order valence-corrected chi connectivity index (χ3v) is 6.77. The summed E-state index contributed by atoms with van der Waals surface area (Å²) in [6, 6.07) is 23.3. The molecule has 3 aromatic carbocycles. The van der Waals surface area contributed by atoms with Crippen molar-refractivity contribution >= 4 is 27.6 Å². The van der Waals surface area contributed by atoms with Crippen LogP contribution in [0.2, 0.25) is 0 Å². The molecule has 0 radical (unpaired) electrons. The Hall–Kier alpha value is -3.19. The number of aromatic amines is 1. The van der Waals surface area contributed by atoms with Crippen molar-refractivity contribution in [2.24, 2.45) is 0 Å². The summed E-state index contributed by atoms with van der Waals surface area (Å²) in [5.74, 6) is -0.0174. The summed E-state index contributed by atoms with van der Waals surface area (Å²) in [7, 11) is 1.68. The Bertz CT molecular complexity index is 1260. The second-order valence-corrected chi connectivity index (χ2v) is 9.36. The quantitative estimate of drug-likeness (QED) is 0.342. The van der Waals surface area contributed by atoms with Crippen LogP contribution in [0.3, 0.4) is 0 Å². The van der Waals surface area contributed by atoms with Gasteiger partial charge in [0.1, 0.15) is 5.69 Å². The van der Waals surface area contributed by atoms with E-state index in [1.54, 1.807) is 7.11 Å². The number of hydrogen-bond acceptors (Lipinski definition) is 4. The molecule has 6 nitrogen and oxygen atoms in total. The minimum absolute atomic E-state index is 0.0174. The molecule has 1 fully saturated rings. The number of likely N-dealkylation sites (tertiary alicyclic amines) is 1. The van der Waals surface area contributed by atoms with Crippen molar-refractivity contribution in [1.82, 2.24) is 15.2 Å². The first kappa shape index (κ1) is 23.5. The predicted molar refractivity (Wildman–Crippen MR) is 140 cm³/mol. The Morgan fingerprint density at radius 2 is 1.71 bits per heavy atom. The van der Waals surface area contributed by atoms with Crippen LogP contribution in [0.1, 0.15) is 34.5 Å². The van der Waals surface area contributed by atoms with E-state index < -0.39 is 0 Å². The van der Waals surface area contributed by atoms with E-state index in [1.165, 1.54) is 21.9 Å². The molecule has 1 amide bonds. The van der Waals surface area contributed by atoms with Gasteiger partial charge in [-0.2, -0.15) is 0 Å². The summed E-state index contributed by atoms with van der Waals surface area (Å²) >= 11 is 0. The highest BCUT2D eigenvalue weighted by molar-refractivity contribution is 5.98. The van der Waals surface area contributed by atoms with Gasteiger partial charge in [0.2, 0.25) is 0 Å². The Labute approximate surface area is 206 Å². The predicted octanol–water partition coefficient (Wildman–Crippen LogP) is 4.88. The van der Waals surface area contributed by atoms with E-state index >= 15 is 0 Å². The number of ether oxygens (including phenoxy) is 2. The van der Waals surface area contributed by atoms with Gasteiger partial charge in [-0.1, -0.05) is 42.5 Å². The van der Waals surface area contributed by atoms with Crippen LogP contribution in [-0.2, 0) is 22.6 Å². The van der Waals surface area contributed by atoms with Gasteiger partial charge in [-0.05, 0) is 59.0 Å². The molecule has 1 saturated heterocycles. The molecule has 1 aliphatic rings. The van der Waals surface area contributed by atoms with E-state index in [4.69, 9.17) is 9.47 Å². The first-order valence-corrected chi connectivity index (χ1v) is 12.4. The molecule has 0 spiro atoms. The average Bonchev–Trinajstić information content (AvgIpc) is 3.32. The Morgan fingerprint density at radius 3 is 2.51 bits per heavy atom. The van der Waals surface area contributed by atoms with Crippen LogP contribution < -0.4 is 5.32 Å². The number of methoxy groups -OCH3 is 1. The lowest BCUT2D eigenvalue weighted by Gasteiger charge is -2.32. The summed E-state index contributed by atoms with van der Waals surface area (Å²) < 4.78 is 10.7. The number of rotatable bonds is 9. The largest absolute Gasteiger partial charge is 0.382 e. The Morgan fingerprint density at radius 1 is 0.943 bits per heavy atom. The standard InChI is InChI=1S/C29H33N3O3/c1-34-14-15-35-20-22-7-9-23-8-6-21(16-25(23)17-22)19-32-12-10-26(11-13-32)30-29(33)28-18-24-4-2-3-5-27(24)31-28/h2-9,16-18,26,31H,10-15,19-20H2,1H3,(H,30,33). The van der Waals surface area contributed by atoms with Crippen molar-refractivity contribution < 1.29 is 14.3 Å². The lowest BCUT2D eigenvalue weighted by atomic mass is 10.0. The van der Waals surface area contributed by atoms with Crippen LogP contribution in [0.25, 0.3) is 21.7 Å². The number of carbonyl (C=O) groups excluding carboxylic acids is 1. The number of para-hydroxylation sites is 1. The lowest BCUT2D eigenvalue weighted by Crippen LogP contribution is -2.44. The molecule has 5 rings (SSSR count). The first-order valence-electron chi connectivity index (χ1n) is 12.4. The number of nitrogens with zero attached hydrogens (tertiary/aromatic N) is 1. The molecule has 4 aromatic rings. The molecule has 2 heterocycles. The number of nitrogens with one attached hydrogen (secondary N) is 2. The molecule has 0 unspecified atom stereocenters. The molecule has 1 aromatic heterocycles. The smallest absolute Gasteiger partial charge is 0.267 e. The molecule has 0 saturated carbocycles. The maximum atomic E-state index is 12.7. The number of aromatic nitrogens is 1. The van der Waals surface area contributed by atoms with E-state index in [0.29, 0.717) is 25.5 Å². The van der Waals surface area contributed by atoms with Crippen LogP contribution in [0.15, 0.2) is 66.7 Å². The number of H-pyrrole nitrogens is 1. The zero-order valence-corrected chi connectivity index (χ0v) is 20.3. The molecule has 2 N–H and O–H groups in total. The fraction of sp³-hybridized carbons (Fsp3) is 0.345. The monoisotopic (exact) mass is 471 g/mol. The number of fused-ring (bicyclic) bond motifs is 2. The van der Waals surface area contributed by atoms with E-state index in [9.17, 15) is 4.79 Å². The van der Waals surface area contributed by atoms with E-state index in [1.807, 2.05) is 30.3 Å². The van der Waals surface area contributed by atoms with Gasteiger partial charge >= 0.3 is 0 Å². The first-order chi connectivity index (χ1) is 17.2. The minimum atomic E-state index is -0.0174. The van der Waals surface area contributed by atoms with Crippen molar-refractivity contribution in [1.29, 1.82) is 0 Å². The SMILES string of the molecule is COCCOCc1ccc2ccc(CN3CCC(NC(=O)c4cc5ccccc5[nH]4)CC3)cc2c1. The second-order valence-electron chi connectivity index (χ2n) is 9.36.